The van der Waals surface area contributed by atoms with E-state index in [0.717, 1.165) is 18.2 Å². The maximum absolute atomic E-state index is 5.45. The van der Waals surface area contributed by atoms with Crippen LogP contribution in [-0.4, -0.2) is 40.4 Å². The largest absolute Gasteiger partial charge is 0.367 e. The van der Waals surface area contributed by atoms with Crippen LogP contribution < -0.4 is 11.1 Å². The molecule has 5 nitrogen and oxygen atoms in total. The number of nitrogens with one attached hydrogen (secondary N) is 1. The van der Waals surface area contributed by atoms with Crippen LogP contribution >= 0.6 is 11.5 Å². The lowest BCUT2D eigenvalue weighted by Crippen LogP contribution is -2.29. The minimum atomic E-state index is 0.363. The van der Waals surface area contributed by atoms with Gasteiger partial charge in [0.05, 0.1) is 0 Å². The average molecular weight is 241 g/mol. The molecule has 0 radical (unpaired) electrons. The monoisotopic (exact) mass is 241 g/mol. The summed E-state index contributed by atoms with van der Waals surface area (Å²) >= 11 is 1.32. The summed E-state index contributed by atoms with van der Waals surface area (Å²) in [5.41, 5.74) is 5.45. The van der Waals surface area contributed by atoms with Gasteiger partial charge in [0.15, 0.2) is 0 Å². The molecule has 0 aliphatic carbocycles. The molecule has 0 atom stereocenters. The fourth-order valence-corrected chi connectivity index (χ4v) is 2.51. The zero-order valence-corrected chi connectivity index (χ0v) is 10.3. The summed E-state index contributed by atoms with van der Waals surface area (Å²) in [6.07, 6.45) is 5.45. The first kappa shape index (κ1) is 11.6. The van der Waals surface area contributed by atoms with Gasteiger partial charge in [0, 0.05) is 24.6 Å². The van der Waals surface area contributed by atoms with Crippen molar-refractivity contribution in [3.63, 3.8) is 0 Å². The highest BCUT2D eigenvalue weighted by molar-refractivity contribution is 7.09. The number of likely N-dealkylation sites (tertiary alicyclic amines) is 1. The van der Waals surface area contributed by atoms with Crippen molar-refractivity contribution in [2.75, 3.05) is 37.2 Å². The van der Waals surface area contributed by atoms with Crippen molar-refractivity contribution in [1.82, 2.24) is 14.3 Å². The van der Waals surface area contributed by atoms with Crippen molar-refractivity contribution in [2.24, 2.45) is 0 Å². The van der Waals surface area contributed by atoms with Gasteiger partial charge in [-0.15, -0.1) is 0 Å². The summed E-state index contributed by atoms with van der Waals surface area (Å²) in [5.74, 6) is 0.363. The number of rotatable bonds is 4. The van der Waals surface area contributed by atoms with Gasteiger partial charge in [-0.2, -0.15) is 9.36 Å². The van der Waals surface area contributed by atoms with Crippen LogP contribution in [0.1, 0.15) is 25.7 Å². The molecule has 1 aliphatic rings. The van der Waals surface area contributed by atoms with E-state index in [1.807, 2.05) is 0 Å². The summed E-state index contributed by atoms with van der Waals surface area (Å²) in [5, 5.41) is 4.08. The standard InChI is InChI=1S/C10H19N5S/c11-9-13-10(16-14-9)12-5-8-15-6-3-1-2-4-7-15/h1-8H2,(H3,11,12,13,14). The lowest BCUT2D eigenvalue weighted by molar-refractivity contribution is 0.296. The van der Waals surface area contributed by atoms with Crippen LogP contribution in [-0.2, 0) is 0 Å². The van der Waals surface area contributed by atoms with Crippen LogP contribution in [0.3, 0.4) is 0 Å². The molecule has 0 aromatic carbocycles. The van der Waals surface area contributed by atoms with Crippen molar-refractivity contribution in [3.8, 4) is 0 Å². The van der Waals surface area contributed by atoms with Crippen molar-refractivity contribution >= 4 is 22.6 Å². The van der Waals surface area contributed by atoms with Crippen LogP contribution in [0.5, 0.6) is 0 Å². The van der Waals surface area contributed by atoms with E-state index in [9.17, 15) is 0 Å². The minimum Gasteiger partial charge on any atom is -0.367 e. The molecular formula is C10H19N5S. The SMILES string of the molecule is Nc1nsc(NCCN2CCCCCC2)n1. The molecule has 16 heavy (non-hydrogen) atoms. The van der Waals surface area contributed by atoms with E-state index in [1.54, 1.807) is 0 Å². The number of aromatic nitrogens is 2. The molecule has 2 rings (SSSR count). The van der Waals surface area contributed by atoms with Crippen molar-refractivity contribution < 1.29 is 0 Å². The van der Waals surface area contributed by atoms with Crippen LogP contribution in [0, 0.1) is 0 Å². The predicted octanol–water partition coefficient (Wildman–Crippen LogP) is 1.41. The molecule has 6 heteroatoms. The molecule has 1 fully saturated rings. The second kappa shape index (κ2) is 6.00. The Balaban J connectivity index is 1.67. The Morgan fingerprint density at radius 1 is 1.25 bits per heavy atom. The molecule has 90 valence electrons. The van der Waals surface area contributed by atoms with E-state index < -0.39 is 0 Å². The van der Waals surface area contributed by atoms with E-state index >= 15 is 0 Å². The number of nitrogens with zero attached hydrogens (tertiary/aromatic N) is 3. The molecule has 0 bridgehead atoms. The number of anilines is 2. The van der Waals surface area contributed by atoms with E-state index in [0.29, 0.717) is 5.95 Å². The molecule has 0 amide bonds. The van der Waals surface area contributed by atoms with Gasteiger partial charge in [-0.1, -0.05) is 12.8 Å². The Morgan fingerprint density at radius 2 is 2.00 bits per heavy atom. The maximum Gasteiger partial charge on any atom is 0.233 e. The van der Waals surface area contributed by atoms with Crippen LogP contribution in [0.2, 0.25) is 0 Å². The zero-order chi connectivity index (χ0) is 11.2. The Kier molecular flexibility index (Phi) is 4.35. The summed E-state index contributed by atoms with van der Waals surface area (Å²) < 4.78 is 3.93. The molecule has 1 aromatic rings. The number of hydrogen-bond acceptors (Lipinski definition) is 6. The summed E-state index contributed by atoms with van der Waals surface area (Å²) in [6.45, 7) is 4.48. The first-order valence-electron chi connectivity index (χ1n) is 5.90. The molecule has 0 saturated carbocycles. The molecule has 1 aliphatic heterocycles. The van der Waals surface area contributed by atoms with Gasteiger partial charge in [-0.25, -0.2) is 0 Å². The first-order chi connectivity index (χ1) is 7.84. The highest BCUT2D eigenvalue weighted by atomic mass is 32.1. The smallest absolute Gasteiger partial charge is 0.233 e. The lowest BCUT2D eigenvalue weighted by atomic mass is 10.2. The summed E-state index contributed by atoms with van der Waals surface area (Å²) in [4.78, 5) is 6.59. The second-order valence-corrected chi connectivity index (χ2v) is 4.89. The van der Waals surface area contributed by atoms with Gasteiger partial charge in [-0.3, -0.25) is 0 Å². The molecule has 0 spiro atoms. The molecule has 0 unspecified atom stereocenters. The fourth-order valence-electron chi connectivity index (χ4n) is 1.99. The third-order valence-electron chi connectivity index (χ3n) is 2.84. The number of nitrogen functional groups attached to an aromatic ring is 1. The Hall–Kier alpha value is -0.880. The van der Waals surface area contributed by atoms with Crippen LogP contribution in [0.4, 0.5) is 11.1 Å². The van der Waals surface area contributed by atoms with Crippen molar-refractivity contribution in [2.45, 2.75) is 25.7 Å². The number of nitrogens with two attached hydrogens (primary N) is 1. The Labute approximate surface area is 100 Å². The van der Waals surface area contributed by atoms with Gasteiger partial charge in [-0.05, 0) is 25.9 Å². The predicted molar refractivity (Wildman–Crippen MR) is 67.7 cm³/mol. The molecule has 1 aromatic heterocycles. The topological polar surface area (TPSA) is 67.1 Å². The van der Waals surface area contributed by atoms with Gasteiger partial charge in [0.25, 0.3) is 0 Å². The molecule has 1 saturated heterocycles. The van der Waals surface area contributed by atoms with Gasteiger partial charge in [0.1, 0.15) is 0 Å². The van der Waals surface area contributed by atoms with Gasteiger partial charge in [0.2, 0.25) is 11.1 Å². The van der Waals surface area contributed by atoms with E-state index in [1.165, 1.54) is 50.3 Å². The van der Waals surface area contributed by atoms with E-state index in [-0.39, 0.29) is 0 Å². The zero-order valence-electron chi connectivity index (χ0n) is 9.48. The highest BCUT2D eigenvalue weighted by Gasteiger charge is 2.08. The lowest BCUT2D eigenvalue weighted by Gasteiger charge is -2.19. The summed E-state index contributed by atoms with van der Waals surface area (Å²) in [6, 6.07) is 0. The second-order valence-electron chi connectivity index (χ2n) is 4.14. The highest BCUT2D eigenvalue weighted by Crippen LogP contribution is 2.12. The maximum atomic E-state index is 5.45. The normalized spacial score (nSPS) is 18.2. The fraction of sp³-hybridized carbons (Fsp3) is 0.800. The van der Waals surface area contributed by atoms with Crippen LogP contribution in [0.25, 0.3) is 0 Å². The molecule has 3 N–H and O–H groups in total. The van der Waals surface area contributed by atoms with Crippen LogP contribution in [0.15, 0.2) is 0 Å². The number of hydrogen-bond donors (Lipinski definition) is 2. The Bertz CT molecular complexity index is 306. The summed E-state index contributed by atoms with van der Waals surface area (Å²) in [7, 11) is 0. The van der Waals surface area contributed by atoms with Gasteiger partial charge < -0.3 is 16.0 Å². The third-order valence-corrected chi connectivity index (χ3v) is 3.53. The molecular weight excluding hydrogens is 222 g/mol. The van der Waals surface area contributed by atoms with E-state index in [2.05, 4.69) is 19.6 Å². The van der Waals surface area contributed by atoms with Crippen molar-refractivity contribution in [3.05, 3.63) is 0 Å². The van der Waals surface area contributed by atoms with E-state index in [4.69, 9.17) is 5.73 Å². The first-order valence-corrected chi connectivity index (χ1v) is 6.67. The molecule has 2 heterocycles. The third kappa shape index (κ3) is 3.61. The Morgan fingerprint density at radius 3 is 2.62 bits per heavy atom. The average Bonchev–Trinajstić information content (AvgIpc) is 2.54. The van der Waals surface area contributed by atoms with Gasteiger partial charge >= 0.3 is 0 Å². The quantitative estimate of drug-likeness (QED) is 0.834. The van der Waals surface area contributed by atoms with Crippen molar-refractivity contribution in [1.29, 1.82) is 0 Å². The minimum absolute atomic E-state index is 0.363.